The van der Waals surface area contributed by atoms with Gasteiger partial charge in [0.2, 0.25) is 5.95 Å². The Bertz CT molecular complexity index is 949. The molecule has 3 rings (SSSR count). The van der Waals surface area contributed by atoms with Gasteiger partial charge >= 0.3 is 0 Å². The van der Waals surface area contributed by atoms with E-state index in [0.29, 0.717) is 5.95 Å². The molecule has 5 nitrogen and oxygen atoms in total. The zero-order chi connectivity index (χ0) is 19.4. The molecular weight excluding hydrogens is 343 g/mol. The number of para-hydroxylation sites is 1. The van der Waals surface area contributed by atoms with Crippen molar-refractivity contribution in [2.24, 2.45) is 0 Å². The average molecular weight is 364 g/mol. The molecule has 0 aliphatic heterocycles. The van der Waals surface area contributed by atoms with Gasteiger partial charge in [0.05, 0.1) is 5.69 Å². The summed E-state index contributed by atoms with van der Waals surface area (Å²) in [4.78, 5) is 20.7. The van der Waals surface area contributed by atoms with E-state index in [9.17, 15) is 9.18 Å². The molecule has 0 fully saturated rings. The molecule has 1 aromatic heterocycles. The molecule has 0 atom stereocenters. The van der Waals surface area contributed by atoms with Crippen LogP contribution in [0.4, 0.5) is 21.7 Å². The SMILES string of the molecule is CC(C)(C)c1ccc(Nc2nccc(C(=O)Nc3ccccc3F)n2)cc1. The summed E-state index contributed by atoms with van der Waals surface area (Å²) in [5.74, 6) is -0.717. The smallest absolute Gasteiger partial charge is 0.274 e. The van der Waals surface area contributed by atoms with Gasteiger partial charge in [-0.2, -0.15) is 0 Å². The molecule has 27 heavy (non-hydrogen) atoms. The second-order valence-electron chi connectivity index (χ2n) is 7.15. The predicted octanol–water partition coefficient (Wildman–Crippen LogP) is 4.91. The fourth-order valence-electron chi connectivity index (χ4n) is 2.48. The number of aromatic nitrogens is 2. The predicted molar refractivity (Wildman–Crippen MR) is 105 cm³/mol. The van der Waals surface area contributed by atoms with Crippen molar-refractivity contribution in [2.75, 3.05) is 10.6 Å². The van der Waals surface area contributed by atoms with Gasteiger partial charge in [0.25, 0.3) is 5.91 Å². The van der Waals surface area contributed by atoms with Crippen molar-refractivity contribution in [2.45, 2.75) is 26.2 Å². The number of carbonyl (C=O) groups excluding carboxylic acids is 1. The second-order valence-corrected chi connectivity index (χ2v) is 7.15. The maximum Gasteiger partial charge on any atom is 0.274 e. The van der Waals surface area contributed by atoms with Crippen molar-refractivity contribution in [3.63, 3.8) is 0 Å². The van der Waals surface area contributed by atoms with Gasteiger partial charge < -0.3 is 10.6 Å². The number of nitrogens with zero attached hydrogens (tertiary/aromatic N) is 2. The third-order valence-electron chi connectivity index (χ3n) is 4.02. The van der Waals surface area contributed by atoms with E-state index in [4.69, 9.17) is 0 Å². The first kappa shape index (κ1) is 18.5. The molecule has 1 heterocycles. The van der Waals surface area contributed by atoms with Crippen LogP contribution in [0.2, 0.25) is 0 Å². The minimum absolute atomic E-state index is 0.0692. The third-order valence-corrected chi connectivity index (χ3v) is 4.02. The summed E-state index contributed by atoms with van der Waals surface area (Å²) >= 11 is 0. The monoisotopic (exact) mass is 364 g/mol. The van der Waals surface area contributed by atoms with E-state index in [1.807, 2.05) is 24.3 Å². The van der Waals surface area contributed by atoms with E-state index < -0.39 is 11.7 Å². The lowest BCUT2D eigenvalue weighted by molar-refractivity contribution is 0.102. The number of nitrogens with one attached hydrogen (secondary N) is 2. The maximum atomic E-state index is 13.7. The van der Waals surface area contributed by atoms with E-state index in [1.165, 1.54) is 30.0 Å². The Balaban J connectivity index is 1.73. The molecule has 0 radical (unpaired) electrons. The van der Waals surface area contributed by atoms with Gasteiger partial charge in [-0.1, -0.05) is 45.0 Å². The van der Waals surface area contributed by atoms with E-state index in [1.54, 1.807) is 12.1 Å². The lowest BCUT2D eigenvalue weighted by Gasteiger charge is -2.19. The summed E-state index contributed by atoms with van der Waals surface area (Å²) in [7, 11) is 0. The summed E-state index contributed by atoms with van der Waals surface area (Å²) in [6.45, 7) is 6.45. The number of benzene rings is 2. The Morgan fingerprint density at radius 2 is 1.70 bits per heavy atom. The molecular formula is C21H21FN4O. The standard InChI is InChI=1S/C21H21FN4O/c1-21(2,3)14-8-10-15(11-9-14)24-20-23-13-12-18(26-20)19(27)25-17-7-5-4-6-16(17)22/h4-13H,1-3H3,(H,25,27)(H,23,24,26). The molecule has 3 aromatic rings. The van der Waals surface area contributed by atoms with Crippen LogP contribution < -0.4 is 10.6 Å². The number of halogens is 1. The zero-order valence-electron chi connectivity index (χ0n) is 15.5. The van der Waals surface area contributed by atoms with E-state index >= 15 is 0 Å². The number of rotatable bonds is 4. The molecule has 0 bridgehead atoms. The fraction of sp³-hybridized carbons (Fsp3) is 0.190. The summed E-state index contributed by atoms with van der Waals surface area (Å²) < 4.78 is 13.7. The number of amides is 1. The van der Waals surface area contributed by atoms with Crippen molar-refractivity contribution in [1.29, 1.82) is 0 Å². The summed E-state index contributed by atoms with van der Waals surface area (Å²) in [5, 5.41) is 5.59. The van der Waals surface area contributed by atoms with Gasteiger partial charge in [0.15, 0.2) is 0 Å². The van der Waals surface area contributed by atoms with Crippen molar-refractivity contribution in [3.8, 4) is 0 Å². The quantitative estimate of drug-likeness (QED) is 0.690. The minimum atomic E-state index is -0.506. The van der Waals surface area contributed by atoms with Crippen LogP contribution in [0.3, 0.4) is 0 Å². The highest BCUT2D eigenvalue weighted by Crippen LogP contribution is 2.24. The van der Waals surface area contributed by atoms with Crippen LogP contribution in [0.25, 0.3) is 0 Å². The largest absolute Gasteiger partial charge is 0.324 e. The van der Waals surface area contributed by atoms with E-state index in [2.05, 4.69) is 41.4 Å². The molecule has 0 aliphatic rings. The van der Waals surface area contributed by atoms with Crippen molar-refractivity contribution < 1.29 is 9.18 Å². The fourth-order valence-corrected chi connectivity index (χ4v) is 2.48. The van der Waals surface area contributed by atoms with Gasteiger partial charge in [0.1, 0.15) is 11.5 Å². The first-order valence-corrected chi connectivity index (χ1v) is 8.59. The van der Waals surface area contributed by atoms with Gasteiger partial charge in [-0.15, -0.1) is 0 Å². The Hall–Kier alpha value is -3.28. The highest BCUT2D eigenvalue weighted by molar-refractivity contribution is 6.03. The van der Waals surface area contributed by atoms with Crippen LogP contribution in [-0.2, 0) is 5.41 Å². The van der Waals surface area contributed by atoms with Crippen LogP contribution in [0, 0.1) is 5.82 Å². The lowest BCUT2D eigenvalue weighted by Crippen LogP contribution is -2.15. The summed E-state index contributed by atoms with van der Waals surface area (Å²) in [6, 6.07) is 15.4. The molecule has 6 heteroatoms. The van der Waals surface area contributed by atoms with Gasteiger partial charge in [-0.3, -0.25) is 4.79 Å². The van der Waals surface area contributed by atoms with Crippen LogP contribution in [0.15, 0.2) is 60.8 Å². The third kappa shape index (κ3) is 4.67. The van der Waals surface area contributed by atoms with Gasteiger partial charge in [0, 0.05) is 11.9 Å². The second kappa shape index (κ2) is 7.53. The zero-order valence-corrected chi connectivity index (χ0v) is 15.5. The molecule has 0 saturated carbocycles. The van der Waals surface area contributed by atoms with Crippen LogP contribution >= 0.6 is 0 Å². The van der Waals surface area contributed by atoms with E-state index in [0.717, 1.165) is 5.69 Å². The Morgan fingerprint density at radius 1 is 1.00 bits per heavy atom. The lowest BCUT2D eigenvalue weighted by atomic mass is 9.87. The summed E-state index contributed by atoms with van der Waals surface area (Å²) in [5.41, 5.74) is 2.34. The molecule has 0 aliphatic carbocycles. The van der Waals surface area contributed by atoms with Crippen LogP contribution in [0.5, 0.6) is 0 Å². The Labute approximate surface area is 157 Å². The topological polar surface area (TPSA) is 66.9 Å². The number of carbonyl (C=O) groups is 1. The number of anilines is 3. The number of hydrogen-bond donors (Lipinski definition) is 2. The van der Waals surface area contributed by atoms with Crippen LogP contribution in [-0.4, -0.2) is 15.9 Å². The Morgan fingerprint density at radius 3 is 2.37 bits per heavy atom. The highest BCUT2D eigenvalue weighted by atomic mass is 19.1. The molecule has 2 N–H and O–H groups in total. The normalized spacial score (nSPS) is 11.1. The molecule has 0 unspecified atom stereocenters. The summed E-state index contributed by atoms with van der Waals surface area (Å²) in [6.07, 6.45) is 1.48. The first-order valence-electron chi connectivity index (χ1n) is 8.59. The first-order chi connectivity index (χ1) is 12.8. The highest BCUT2D eigenvalue weighted by Gasteiger charge is 2.14. The molecule has 0 spiro atoms. The molecule has 138 valence electrons. The van der Waals surface area contributed by atoms with E-state index in [-0.39, 0.29) is 16.8 Å². The number of hydrogen-bond acceptors (Lipinski definition) is 4. The maximum absolute atomic E-state index is 13.7. The molecule has 2 aromatic carbocycles. The van der Waals surface area contributed by atoms with Gasteiger partial charge in [-0.05, 0) is 41.3 Å². The van der Waals surface area contributed by atoms with Crippen LogP contribution in [0.1, 0.15) is 36.8 Å². The molecule has 0 saturated heterocycles. The average Bonchev–Trinajstić information content (AvgIpc) is 2.63. The van der Waals surface area contributed by atoms with Crippen molar-refractivity contribution in [3.05, 3.63) is 77.9 Å². The van der Waals surface area contributed by atoms with Crippen molar-refractivity contribution in [1.82, 2.24) is 9.97 Å². The van der Waals surface area contributed by atoms with Crippen molar-refractivity contribution >= 4 is 23.2 Å². The Kier molecular flexibility index (Phi) is 5.16. The van der Waals surface area contributed by atoms with Gasteiger partial charge in [-0.25, -0.2) is 14.4 Å². The minimum Gasteiger partial charge on any atom is -0.324 e. The molecule has 1 amide bonds.